The minimum atomic E-state index is -3.29. The van der Waals surface area contributed by atoms with Gasteiger partial charge in [0.2, 0.25) is 13.3 Å². The Kier molecular flexibility index (Phi) is 8.59. The highest BCUT2D eigenvalue weighted by atomic mass is 31.2. The number of aromatic nitrogens is 1. The lowest BCUT2D eigenvalue weighted by Gasteiger charge is -2.20. The molecule has 0 spiro atoms. The molecule has 4 aromatic rings. The van der Waals surface area contributed by atoms with E-state index in [-0.39, 0.29) is 30.9 Å². The second-order valence-electron chi connectivity index (χ2n) is 9.19. The minimum absolute atomic E-state index is 0.171. The standard InChI is InChI=1S/C29H31N2O5P/c1-22(18-25-19-31(29(33)34)27-15-9-8-14-26(25)27)30-28(32)21-37(35,17-16-23-10-4-2-5-11-23)36-20-24-12-6-3-7-13-24/h2-15,19,22H,16-18,20-21H2,1H3,(H,30,32)(H,33,34)/t22-,37?/m1/s1. The van der Waals surface area contributed by atoms with Crippen LogP contribution in [-0.2, 0) is 33.3 Å². The number of rotatable bonds is 11. The third kappa shape index (κ3) is 7.19. The van der Waals surface area contributed by atoms with E-state index in [0.29, 0.717) is 18.4 Å². The van der Waals surface area contributed by atoms with Gasteiger partial charge in [-0.25, -0.2) is 4.79 Å². The second-order valence-corrected chi connectivity index (χ2v) is 11.8. The first kappa shape index (κ1) is 26.4. The molecule has 4 rings (SSSR count). The number of fused-ring (bicyclic) bond motifs is 1. The molecule has 1 heterocycles. The Bertz CT molecular complexity index is 1350. The molecule has 192 valence electrons. The van der Waals surface area contributed by atoms with Crippen molar-refractivity contribution in [2.45, 2.75) is 32.4 Å². The fourth-order valence-electron chi connectivity index (χ4n) is 4.39. The number of amides is 1. The number of para-hydroxylation sites is 1. The summed E-state index contributed by atoms with van der Waals surface area (Å²) in [5.74, 6) is -0.348. The first-order chi connectivity index (χ1) is 17.8. The summed E-state index contributed by atoms with van der Waals surface area (Å²) < 4.78 is 20.9. The van der Waals surface area contributed by atoms with E-state index in [0.717, 1.165) is 22.1 Å². The van der Waals surface area contributed by atoms with E-state index < -0.39 is 13.5 Å². The van der Waals surface area contributed by atoms with Crippen molar-refractivity contribution in [2.75, 3.05) is 12.3 Å². The Balaban J connectivity index is 1.43. The summed E-state index contributed by atoms with van der Waals surface area (Å²) in [7, 11) is -3.29. The summed E-state index contributed by atoms with van der Waals surface area (Å²) >= 11 is 0. The number of carbonyl (C=O) groups is 2. The van der Waals surface area contributed by atoms with Gasteiger partial charge >= 0.3 is 6.09 Å². The molecule has 0 aliphatic heterocycles. The Morgan fingerprint density at radius 1 is 0.946 bits per heavy atom. The van der Waals surface area contributed by atoms with Gasteiger partial charge in [0.1, 0.15) is 6.16 Å². The van der Waals surface area contributed by atoms with Gasteiger partial charge in [-0.3, -0.25) is 13.9 Å². The smallest absolute Gasteiger partial charge is 0.416 e. The largest absolute Gasteiger partial charge is 0.464 e. The van der Waals surface area contributed by atoms with Crippen LogP contribution in [0.1, 0.15) is 23.6 Å². The fraction of sp³-hybridized carbons (Fsp3) is 0.241. The summed E-state index contributed by atoms with van der Waals surface area (Å²) in [6.45, 7) is 2.02. The van der Waals surface area contributed by atoms with Crippen LogP contribution in [0.2, 0.25) is 0 Å². The normalized spacial score (nSPS) is 13.6. The maximum absolute atomic E-state index is 13.8. The van der Waals surface area contributed by atoms with Crippen LogP contribution in [0.5, 0.6) is 0 Å². The molecule has 3 aromatic carbocycles. The average Bonchev–Trinajstić information content (AvgIpc) is 3.26. The minimum Gasteiger partial charge on any atom is -0.464 e. The molecule has 0 aliphatic rings. The van der Waals surface area contributed by atoms with Crippen molar-refractivity contribution in [1.29, 1.82) is 0 Å². The average molecular weight is 519 g/mol. The molecular weight excluding hydrogens is 487 g/mol. The number of benzene rings is 3. The molecule has 7 nitrogen and oxygen atoms in total. The highest BCUT2D eigenvalue weighted by Gasteiger charge is 2.28. The van der Waals surface area contributed by atoms with Gasteiger partial charge in [-0.05, 0) is 42.5 Å². The van der Waals surface area contributed by atoms with Crippen LogP contribution >= 0.6 is 7.37 Å². The number of nitrogens with zero attached hydrogens (tertiary/aromatic N) is 1. The van der Waals surface area contributed by atoms with E-state index >= 15 is 0 Å². The van der Waals surface area contributed by atoms with Gasteiger partial charge in [0.05, 0.1) is 12.1 Å². The maximum atomic E-state index is 13.8. The van der Waals surface area contributed by atoms with Crippen molar-refractivity contribution in [3.8, 4) is 0 Å². The summed E-state index contributed by atoms with van der Waals surface area (Å²) in [5.41, 5.74) is 3.35. The molecule has 0 aliphatic carbocycles. The topological polar surface area (TPSA) is 97.6 Å². The summed E-state index contributed by atoms with van der Waals surface area (Å²) in [6.07, 6.45) is 1.56. The number of carbonyl (C=O) groups excluding carboxylic acids is 1. The van der Waals surface area contributed by atoms with Crippen LogP contribution in [-0.4, -0.2) is 40.0 Å². The van der Waals surface area contributed by atoms with Crippen LogP contribution < -0.4 is 5.32 Å². The molecule has 0 saturated heterocycles. The quantitative estimate of drug-likeness (QED) is 0.239. The molecule has 0 saturated carbocycles. The zero-order chi connectivity index (χ0) is 26.3. The van der Waals surface area contributed by atoms with Crippen molar-refractivity contribution in [3.05, 3.63) is 108 Å². The molecule has 1 unspecified atom stereocenters. The van der Waals surface area contributed by atoms with Crippen LogP contribution in [0.15, 0.2) is 91.1 Å². The van der Waals surface area contributed by atoms with Gasteiger partial charge in [0.25, 0.3) is 0 Å². The lowest BCUT2D eigenvalue weighted by molar-refractivity contribution is -0.119. The van der Waals surface area contributed by atoms with Crippen LogP contribution in [0.3, 0.4) is 0 Å². The molecule has 2 atom stereocenters. The molecule has 37 heavy (non-hydrogen) atoms. The summed E-state index contributed by atoms with van der Waals surface area (Å²) in [4.78, 5) is 24.6. The van der Waals surface area contributed by atoms with Gasteiger partial charge < -0.3 is 14.9 Å². The highest BCUT2D eigenvalue weighted by Crippen LogP contribution is 2.48. The molecule has 8 heteroatoms. The second kappa shape index (κ2) is 12.0. The van der Waals surface area contributed by atoms with E-state index in [2.05, 4.69) is 5.32 Å². The number of carboxylic acid groups (broad SMARTS) is 1. The molecule has 0 bridgehead atoms. The molecule has 2 N–H and O–H groups in total. The molecule has 1 amide bonds. The molecule has 1 aromatic heterocycles. The van der Waals surface area contributed by atoms with Crippen molar-refractivity contribution >= 4 is 30.3 Å². The number of hydrogen-bond donors (Lipinski definition) is 2. The third-order valence-electron chi connectivity index (χ3n) is 6.21. The lowest BCUT2D eigenvalue weighted by atomic mass is 10.1. The van der Waals surface area contributed by atoms with E-state index in [1.54, 1.807) is 18.3 Å². The number of hydrogen-bond acceptors (Lipinski definition) is 4. The predicted molar refractivity (Wildman–Crippen MR) is 145 cm³/mol. The van der Waals surface area contributed by atoms with Crippen LogP contribution in [0.4, 0.5) is 4.79 Å². The fourth-order valence-corrected chi connectivity index (χ4v) is 6.28. The Labute approximate surface area is 216 Å². The van der Waals surface area contributed by atoms with Gasteiger partial charge in [-0.2, -0.15) is 0 Å². The van der Waals surface area contributed by atoms with Crippen molar-refractivity contribution in [3.63, 3.8) is 0 Å². The zero-order valence-corrected chi connectivity index (χ0v) is 21.6. The van der Waals surface area contributed by atoms with E-state index in [1.807, 2.05) is 79.7 Å². The first-order valence-electron chi connectivity index (χ1n) is 12.2. The van der Waals surface area contributed by atoms with E-state index in [1.165, 1.54) is 4.57 Å². The van der Waals surface area contributed by atoms with E-state index in [9.17, 15) is 19.3 Å². The monoisotopic (exact) mass is 518 g/mol. The molecule has 0 radical (unpaired) electrons. The van der Waals surface area contributed by atoms with Crippen molar-refractivity contribution in [2.24, 2.45) is 0 Å². The number of nitrogens with one attached hydrogen (secondary N) is 1. The van der Waals surface area contributed by atoms with E-state index in [4.69, 9.17) is 4.52 Å². The Morgan fingerprint density at radius 2 is 1.57 bits per heavy atom. The zero-order valence-electron chi connectivity index (χ0n) is 20.7. The SMILES string of the molecule is C[C@H](Cc1cn(C(=O)O)c2ccccc12)NC(=O)CP(=O)(CCc1ccccc1)OCc1ccccc1. The van der Waals surface area contributed by atoms with Gasteiger partial charge in [-0.1, -0.05) is 78.9 Å². The van der Waals surface area contributed by atoms with Crippen LogP contribution in [0, 0.1) is 0 Å². The molecule has 0 fully saturated rings. The van der Waals surface area contributed by atoms with Crippen LogP contribution in [0.25, 0.3) is 10.9 Å². The van der Waals surface area contributed by atoms with Crippen molar-refractivity contribution in [1.82, 2.24) is 9.88 Å². The predicted octanol–water partition coefficient (Wildman–Crippen LogP) is 5.95. The first-order valence-corrected chi connectivity index (χ1v) is 14.2. The van der Waals surface area contributed by atoms with Gasteiger partial charge in [0.15, 0.2) is 0 Å². The maximum Gasteiger partial charge on any atom is 0.416 e. The highest BCUT2D eigenvalue weighted by molar-refractivity contribution is 7.59. The van der Waals surface area contributed by atoms with Gasteiger partial charge in [-0.15, -0.1) is 0 Å². The Hall–Kier alpha value is -3.67. The summed E-state index contributed by atoms with van der Waals surface area (Å²) in [6, 6.07) is 26.2. The molecular formula is C29H31N2O5P. The Morgan fingerprint density at radius 3 is 2.24 bits per heavy atom. The van der Waals surface area contributed by atoms with Gasteiger partial charge in [0, 0.05) is 23.8 Å². The lowest BCUT2D eigenvalue weighted by Crippen LogP contribution is -2.36. The third-order valence-corrected chi connectivity index (χ3v) is 8.49. The number of aryl methyl sites for hydroxylation is 1. The summed E-state index contributed by atoms with van der Waals surface area (Å²) in [5, 5.41) is 13.3. The van der Waals surface area contributed by atoms with Crippen molar-refractivity contribution < 1.29 is 23.8 Å².